The van der Waals surface area contributed by atoms with Gasteiger partial charge in [-0.3, -0.25) is 14.4 Å². The highest BCUT2D eigenvalue weighted by Gasteiger charge is 2.57. The molecule has 31 heavy (non-hydrogen) atoms. The molecule has 1 unspecified atom stereocenters. The maximum atomic E-state index is 13.2. The van der Waals surface area contributed by atoms with Crippen LogP contribution in [0.4, 0.5) is 0 Å². The Kier molecular flexibility index (Phi) is 5.79. The second-order valence-corrected chi connectivity index (χ2v) is 10.3. The van der Waals surface area contributed by atoms with Gasteiger partial charge in [-0.25, -0.2) is 0 Å². The Hall–Kier alpha value is -2.80. The number of hydrogen-bond acceptors (Lipinski definition) is 4. The topological polar surface area (TPSA) is 78.5 Å². The molecule has 0 radical (unpaired) electrons. The molecular formula is C24H27N3O3S. The van der Waals surface area contributed by atoms with Gasteiger partial charge in [0.05, 0.1) is 0 Å². The lowest BCUT2D eigenvalue weighted by Gasteiger charge is -2.30. The van der Waals surface area contributed by atoms with Crippen LogP contribution in [0.2, 0.25) is 0 Å². The molecule has 1 fully saturated rings. The Balaban J connectivity index is 1.39. The molecule has 2 heterocycles. The van der Waals surface area contributed by atoms with E-state index in [4.69, 9.17) is 0 Å². The van der Waals surface area contributed by atoms with Gasteiger partial charge in [-0.15, -0.1) is 11.8 Å². The molecule has 2 aromatic carbocycles. The number of carbonyl (C=O) groups excluding carboxylic acids is 3. The predicted molar refractivity (Wildman–Crippen MR) is 122 cm³/mol. The summed E-state index contributed by atoms with van der Waals surface area (Å²) in [5, 5.41) is 5.53. The molecular weight excluding hydrogens is 410 g/mol. The van der Waals surface area contributed by atoms with Crippen molar-refractivity contribution in [3.8, 4) is 0 Å². The number of carbonyl (C=O) groups is 3. The zero-order valence-corrected chi connectivity index (χ0v) is 18.7. The van der Waals surface area contributed by atoms with Crippen LogP contribution in [0, 0.1) is 0 Å². The van der Waals surface area contributed by atoms with Crippen LogP contribution < -0.4 is 10.6 Å². The van der Waals surface area contributed by atoms with Crippen molar-refractivity contribution in [1.29, 1.82) is 0 Å². The van der Waals surface area contributed by atoms with Crippen molar-refractivity contribution in [2.24, 2.45) is 0 Å². The molecule has 4 rings (SSSR count). The summed E-state index contributed by atoms with van der Waals surface area (Å²) in [6, 6.07) is 16.1. The van der Waals surface area contributed by atoms with Gasteiger partial charge in [-0.2, -0.15) is 0 Å². The average molecular weight is 438 g/mol. The van der Waals surface area contributed by atoms with E-state index < -0.39 is 16.8 Å². The first-order chi connectivity index (χ1) is 14.8. The van der Waals surface area contributed by atoms with Crippen LogP contribution in [0.5, 0.6) is 0 Å². The van der Waals surface area contributed by atoms with Gasteiger partial charge in [0.25, 0.3) is 5.91 Å². The predicted octanol–water partition coefficient (Wildman–Crippen LogP) is 2.90. The molecule has 162 valence electrons. The van der Waals surface area contributed by atoms with Crippen LogP contribution in [-0.2, 0) is 16.0 Å². The highest BCUT2D eigenvalue weighted by atomic mass is 32.2. The van der Waals surface area contributed by atoms with Crippen LogP contribution in [0.3, 0.4) is 0 Å². The third-order valence-corrected chi connectivity index (χ3v) is 7.39. The summed E-state index contributed by atoms with van der Waals surface area (Å²) in [5.41, 5.74) is 2.75. The van der Waals surface area contributed by atoms with E-state index in [1.165, 1.54) is 0 Å². The van der Waals surface area contributed by atoms with Crippen molar-refractivity contribution in [3.05, 3.63) is 71.3 Å². The summed E-state index contributed by atoms with van der Waals surface area (Å²) >= 11 is 1.61. The van der Waals surface area contributed by atoms with Crippen LogP contribution in [0.15, 0.2) is 54.6 Å². The Morgan fingerprint density at radius 1 is 1.10 bits per heavy atom. The molecule has 0 aromatic heterocycles. The molecule has 0 bridgehead atoms. The summed E-state index contributed by atoms with van der Waals surface area (Å²) in [6.45, 7) is 6.11. The largest absolute Gasteiger partial charge is 0.354 e. The minimum Gasteiger partial charge on any atom is -0.354 e. The minimum atomic E-state index is -0.691. The van der Waals surface area contributed by atoms with E-state index in [-0.39, 0.29) is 23.1 Å². The molecule has 0 spiro atoms. The Bertz CT molecular complexity index is 1010. The van der Waals surface area contributed by atoms with Gasteiger partial charge in [0.2, 0.25) is 11.8 Å². The number of amides is 3. The quantitative estimate of drug-likeness (QED) is 0.728. The third kappa shape index (κ3) is 4.06. The Morgan fingerprint density at radius 3 is 2.52 bits per heavy atom. The van der Waals surface area contributed by atoms with Crippen molar-refractivity contribution in [2.75, 3.05) is 6.54 Å². The molecule has 2 N–H and O–H groups in total. The van der Waals surface area contributed by atoms with E-state index in [0.717, 1.165) is 17.5 Å². The summed E-state index contributed by atoms with van der Waals surface area (Å²) < 4.78 is -0.471. The monoisotopic (exact) mass is 437 g/mol. The van der Waals surface area contributed by atoms with Gasteiger partial charge >= 0.3 is 0 Å². The summed E-state index contributed by atoms with van der Waals surface area (Å²) in [7, 11) is 0. The molecule has 2 aromatic rings. The van der Waals surface area contributed by atoms with E-state index >= 15 is 0 Å². The normalized spacial score (nSPS) is 21.9. The zero-order valence-electron chi connectivity index (χ0n) is 17.9. The van der Waals surface area contributed by atoms with Gasteiger partial charge < -0.3 is 15.5 Å². The lowest BCUT2D eigenvalue weighted by atomic mass is 10.0. The number of nitrogens with zero attached hydrogens (tertiary/aromatic N) is 1. The van der Waals surface area contributed by atoms with Crippen LogP contribution in [-0.4, -0.2) is 46.0 Å². The summed E-state index contributed by atoms with van der Waals surface area (Å²) in [4.78, 5) is 40.4. The number of fused-ring (bicyclic) bond motifs is 3. The molecule has 6 nitrogen and oxygen atoms in total. The van der Waals surface area contributed by atoms with Crippen molar-refractivity contribution in [1.82, 2.24) is 15.5 Å². The van der Waals surface area contributed by atoms with Crippen molar-refractivity contribution in [3.63, 3.8) is 0 Å². The van der Waals surface area contributed by atoms with Gasteiger partial charge in [-0.1, -0.05) is 48.5 Å². The molecule has 0 aliphatic carbocycles. The zero-order chi connectivity index (χ0) is 22.2. The molecule has 2 aliphatic heterocycles. The number of thioether (sulfide) groups is 1. The van der Waals surface area contributed by atoms with E-state index in [2.05, 4.69) is 10.6 Å². The fraction of sp³-hybridized carbons (Fsp3) is 0.375. The second-order valence-electron chi connectivity index (χ2n) is 8.53. The van der Waals surface area contributed by atoms with E-state index in [1.807, 2.05) is 62.4 Å². The number of hydrogen-bond donors (Lipinski definition) is 2. The SMILES string of the molecule is C[C@H](NC(=O)[C@H]1N2C(=O)c3ccccc3C2SC1(C)C)C(=O)NCCc1ccccc1. The molecule has 1 saturated heterocycles. The fourth-order valence-electron chi connectivity index (χ4n) is 4.29. The Morgan fingerprint density at radius 2 is 1.77 bits per heavy atom. The van der Waals surface area contributed by atoms with Crippen LogP contribution in [0.25, 0.3) is 0 Å². The number of rotatable bonds is 6. The first-order valence-corrected chi connectivity index (χ1v) is 11.4. The maximum Gasteiger partial charge on any atom is 0.256 e. The first-order valence-electron chi connectivity index (χ1n) is 10.5. The Labute approximate surface area is 186 Å². The summed E-state index contributed by atoms with van der Waals surface area (Å²) in [5.74, 6) is -0.661. The lowest BCUT2D eigenvalue weighted by Crippen LogP contribution is -2.56. The van der Waals surface area contributed by atoms with E-state index in [9.17, 15) is 14.4 Å². The van der Waals surface area contributed by atoms with Gasteiger partial charge in [0.15, 0.2) is 0 Å². The molecule has 0 saturated carbocycles. The average Bonchev–Trinajstić information content (AvgIpc) is 3.18. The second kappa shape index (κ2) is 8.38. The maximum absolute atomic E-state index is 13.2. The minimum absolute atomic E-state index is 0.126. The van der Waals surface area contributed by atoms with Crippen molar-refractivity contribution < 1.29 is 14.4 Å². The van der Waals surface area contributed by atoms with Crippen molar-refractivity contribution in [2.45, 2.75) is 49.4 Å². The van der Waals surface area contributed by atoms with Gasteiger partial charge in [0, 0.05) is 16.9 Å². The molecule has 2 aliphatic rings. The highest BCUT2D eigenvalue weighted by Crippen LogP contribution is 2.56. The summed E-state index contributed by atoms with van der Waals surface area (Å²) in [6.07, 6.45) is 0.724. The fourth-order valence-corrected chi connectivity index (χ4v) is 5.88. The molecule has 3 amide bonds. The smallest absolute Gasteiger partial charge is 0.256 e. The van der Waals surface area contributed by atoms with Crippen LogP contribution in [0.1, 0.15) is 47.6 Å². The van der Waals surface area contributed by atoms with E-state index in [1.54, 1.807) is 29.7 Å². The van der Waals surface area contributed by atoms with Gasteiger partial charge in [-0.05, 0) is 44.4 Å². The third-order valence-electron chi connectivity index (χ3n) is 5.85. The lowest BCUT2D eigenvalue weighted by molar-refractivity contribution is -0.131. The van der Waals surface area contributed by atoms with E-state index in [0.29, 0.717) is 12.1 Å². The first kappa shape index (κ1) is 21.4. The van der Waals surface area contributed by atoms with Crippen molar-refractivity contribution >= 4 is 29.5 Å². The number of nitrogens with one attached hydrogen (secondary N) is 2. The van der Waals surface area contributed by atoms with Crippen LogP contribution >= 0.6 is 11.8 Å². The molecule has 7 heteroatoms. The highest BCUT2D eigenvalue weighted by molar-refractivity contribution is 8.01. The standard InChI is InChI=1S/C24H27N3O3S/c1-15(20(28)25-14-13-16-9-5-4-6-10-16)26-21(29)19-24(2,3)31-23-18-12-8-7-11-17(18)22(30)27(19)23/h4-12,15,19,23H,13-14H2,1-3H3,(H,25,28)(H,26,29)/t15-,19+,23?/m0/s1. The molecule has 3 atom stereocenters. The van der Waals surface area contributed by atoms with Gasteiger partial charge in [0.1, 0.15) is 17.5 Å². The number of benzene rings is 2.